The normalized spacial score (nSPS) is 12.3. The zero-order valence-electron chi connectivity index (χ0n) is 31.8. The molecule has 58 heavy (non-hydrogen) atoms. The van der Waals surface area contributed by atoms with Crippen molar-refractivity contribution in [2.75, 3.05) is 0 Å². The first-order valence-electron chi connectivity index (χ1n) is 19.9. The Labute approximate surface area is 337 Å². The lowest BCUT2D eigenvalue weighted by Gasteiger charge is -2.16. The minimum Gasteiger partial charge on any atom is -0.309 e. The van der Waals surface area contributed by atoms with Gasteiger partial charge < -0.3 is 4.57 Å². The number of nitrogens with zero attached hydrogens (tertiary/aromatic N) is 3. The number of allylic oxidation sites excluding steroid dienone is 2. The van der Waals surface area contributed by atoms with Crippen molar-refractivity contribution >= 4 is 44.7 Å². The molecule has 0 saturated heterocycles. The molecule has 0 radical (unpaired) electrons. The zero-order chi connectivity index (χ0) is 38.4. The highest BCUT2D eigenvalue weighted by Crippen LogP contribution is 2.39. The van der Waals surface area contributed by atoms with Crippen LogP contribution >= 0.6 is 0 Å². The Hall–Kier alpha value is -7.62. The van der Waals surface area contributed by atoms with Crippen LogP contribution in [0.1, 0.15) is 17.5 Å². The van der Waals surface area contributed by atoms with Crippen molar-refractivity contribution in [3.8, 4) is 61.8 Å². The fraction of sp³-hybridized carbons (Fsp3) is 0.0182. The summed E-state index contributed by atoms with van der Waals surface area (Å²) in [5, 5.41) is 4.82. The summed E-state index contributed by atoms with van der Waals surface area (Å²) in [6.45, 7) is 0. The van der Waals surface area contributed by atoms with Crippen LogP contribution in [0.4, 0.5) is 0 Å². The lowest BCUT2D eigenvalue weighted by Crippen LogP contribution is -1.99. The zero-order valence-corrected chi connectivity index (χ0v) is 31.8. The summed E-state index contributed by atoms with van der Waals surface area (Å²) >= 11 is 0. The summed E-state index contributed by atoms with van der Waals surface area (Å²) in [7, 11) is 0. The van der Waals surface area contributed by atoms with Crippen LogP contribution in [0.5, 0.6) is 0 Å². The highest BCUT2D eigenvalue weighted by atomic mass is 15.0. The first kappa shape index (κ1) is 33.7. The second-order valence-electron chi connectivity index (χ2n) is 14.9. The van der Waals surface area contributed by atoms with Crippen LogP contribution in [0.25, 0.3) is 107 Å². The molecule has 0 saturated carbocycles. The number of rotatable bonds is 6. The van der Waals surface area contributed by atoms with E-state index in [4.69, 9.17) is 9.97 Å². The lowest BCUT2D eigenvalue weighted by atomic mass is 9.90. The van der Waals surface area contributed by atoms with Gasteiger partial charge in [-0.3, -0.25) is 0 Å². The second kappa shape index (κ2) is 14.1. The van der Waals surface area contributed by atoms with Gasteiger partial charge >= 0.3 is 0 Å². The number of para-hydroxylation sites is 2. The van der Waals surface area contributed by atoms with Crippen molar-refractivity contribution in [3.05, 3.63) is 211 Å². The van der Waals surface area contributed by atoms with Crippen molar-refractivity contribution in [1.29, 1.82) is 0 Å². The van der Waals surface area contributed by atoms with Crippen LogP contribution in [0.2, 0.25) is 0 Å². The molecule has 3 nitrogen and oxygen atoms in total. The number of benzene rings is 8. The first-order chi connectivity index (χ1) is 28.7. The van der Waals surface area contributed by atoms with Gasteiger partial charge in [-0.05, 0) is 99.1 Å². The molecular weight excluding hydrogens is 703 g/mol. The number of aromatic nitrogens is 3. The van der Waals surface area contributed by atoms with Crippen molar-refractivity contribution in [3.63, 3.8) is 0 Å². The van der Waals surface area contributed by atoms with Crippen LogP contribution in [0.15, 0.2) is 200 Å². The van der Waals surface area contributed by atoms with E-state index in [1.54, 1.807) is 0 Å². The molecule has 2 aromatic heterocycles. The fourth-order valence-corrected chi connectivity index (χ4v) is 8.58. The molecule has 0 amide bonds. The third kappa shape index (κ3) is 5.93. The Morgan fingerprint density at radius 1 is 0.379 bits per heavy atom. The molecule has 10 aromatic rings. The van der Waals surface area contributed by atoms with Gasteiger partial charge in [0.05, 0.1) is 22.4 Å². The topological polar surface area (TPSA) is 30.7 Å². The van der Waals surface area contributed by atoms with Crippen LogP contribution in [0.3, 0.4) is 0 Å². The maximum Gasteiger partial charge on any atom is 0.160 e. The quantitative estimate of drug-likeness (QED) is 0.170. The van der Waals surface area contributed by atoms with Crippen LogP contribution in [0, 0.1) is 0 Å². The molecule has 11 rings (SSSR count). The fourth-order valence-electron chi connectivity index (χ4n) is 8.58. The smallest absolute Gasteiger partial charge is 0.160 e. The van der Waals surface area contributed by atoms with Gasteiger partial charge in [-0.2, -0.15) is 0 Å². The Kier molecular flexibility index (Phi) is 8.22. The molecular formula is C55H37N3. The van der Waals surface area contributed by atoms with E-state index in [0.29, 0.717) is 5.82 Å². The van der Waals surface area contributed by atoms with Crippen molar-refractivity contribution in [2.24, 2.45) is 0 Å². The van der Waals surface area contributed by atoms with E-state index in [9.17, 15) is 0 Å². The van der Waals surface area contributed by atoms with Gasteiger partial charge in [0.25, 0.3) is 0 Å². The van der Waals surface area contributed by atoms with Gasteiger partial charge in [-0.1, -0.05) is 164 Å². The lowest BCUT2D eigenvalue weighted by molar-refractivity contribution is 1.18. The van der Waals surface area contributed by atoms with Gasteiger partial charge in [0.1, 0.15) is 0 Å². The van der Waals surface area contributed by atoms with E-state index < -0.39 is 0 Å². The molecule has 0 aliphatic heterocycles. The molecule has 0 spiro atoms. The summed E-state index contributed by atoms with van der Waals surface area (Å²) in [5.74, 6) is 0.705. The number of fused-ring (bicyclic) bond motifs is 5. The predicted octanol–water partition coefficient (Wildman–Crippen LogP) is 14.5. The average Bonchev–Trinajstić information content (AvgIpc) is 3.42. The molecule has 3 heteroatoms. The average molecular weight is 740 g/mol. The number of hydrogen-bond donors (Lipinski definition) is 0. The Balaban J connectivity index is 1.01. The van der Waals surface area contributed by atoms with Gasteiger partial charge in [0.15, 0.2) is 5.82 Å². The minimum atomic E-state index is 0.705. The SMILES string of the molecule is C1=Cc2c(-c3ccccc3)ccc(-c3cc(-c4ccccc4)nc(-c4ccc5cc(-c6ccc7c(c6)c6ccccc6n7-c6ccccc6)ccc5c4)n3)c2C=CC1. The first-order valence-corrected chi connectivity index (χ1v) is 19.9. The van der Waals surface area contributed by atoms with E-state index in [1.165, 1.54) is 60.6 Å². The second-order valence-corrected chi connectivity index (χ2v) is 14.9. The van der Waals surface area contributed by atoms with Crippen molar-refractivity contribution in [1.82, 2.24) is 14.5 Å². The summed E-state index contributed by atoms with van der Waals surface area (Å²) in [5.41, 5.74) is 15.7. The predicted molar refractivity (Wildman–Crippen MR) is 244 cm³/mol. The molecule has 2 heterocycles. The Bertz CT molecular complexity index is 3230. The summed E-state index contributed by atoms with van der Waals surface area (Å²) in [6.07, 6.45) is 9.88. The molecule has 0 fully saturated rings. The third-order valence-electron chi connectivity index (χ3n) is 11.4. The summed E-state index contributed by atoms with van der Waals surface area (Å²) < 4.78 is 2.36. The van der Waals surface area contributed by atoms with Crippen LogP contribution in [-0.4, -0.2) is 14.5 Å². The largest absolute Gasteiger partial charge is 0.309 e. The monoisotopic (exact) mass is 739 g/mol. The Morgan fingerprint density at radius 3 is 1.72 bits per heavy atom. The van der Waals surface area contributed by atoms with E-state index in [2.05, 4.69) is 211 Å². The standard InChI is InChI=1S/C55H37N3/c1-5-15-37(16-6-1)45-30-31-48(47-22-12-4-11-21-46(45)47)52-36-51(38-17-7-2-8-18-38)56-55(57-52)43-28-27-39-33-40(25-26-41(39)34-43)42-29-32-54-50(35-42)49-23-13-14-24-53(49)58(54)44-19-9-3-10-20-44/h1-3,5-36H,4H2. The maximum atomic E-state index is 5.32. The van der Waals surface area contributed by atoms with Gasteiger partial charge in [-0.25, -0.2) is 9.97 Å². The summed E-state index contributed by atoms with van der Waals surface area (Å²) in [4.78, 5) is 10.5. The third-order valence-corrected chi connectivity index (χ3v) is 11.4. The molecule has 0 unspecified atom stereocenters. The molecule has 1 aliphatic rings. The molecule has 1 aliphatic carbocycles. The molecule has 8 aromatic carbocycles. The van der Waals surface area contributed by atoms with E-state index in [-0.39, 0.29) is 0 Å². The minimum absolute atomic E-state index is 0.705. The Morgan fingerprint density at radius 2 is 0.948 bits per heavy atom. The highest BCUT2D eigenvalue weighted by Gasteiger charge is 2.18. The summed E-state index contributed by atoms with van der Waals surface area (Å²) in [6, 6.07) is 67.2. The van der Waals surface area contributed by atoms with Gasteiger partial charge in [-0.15, -0.1) is 0 Å². The number of hydrogen-bond acceptors (Lipinski definition) is 2. The molecule has 0 atom stereocenters. The van der Waals surface area contributed by atoms with Crippen molar-refractivity contribution < 1.29 is 0 Å². The van der Waals surface area contributed by atoms with E-state index in [0.717, 1.165) is 45.6 Å². The van der Waals surface area contributed by atoms with E-state index >= 15 is 0 Å². The van der Waals surface area contributed by atoms with Gasteiger partial charge in [0, 0.05) is 33.2 Å². The van der Waals surface area contributed by atoms with Crippen LogP contribution < -0.4 is 0 Å². The van der Waals surface area contributed by atoms with Gasteiger partial charge in [0.2, 0.25) is 0 Å². The maximum absolute atomic E-state index is 5.32. The molecule has 0 bridgehead atoms. The highest BCUT2D eigenvalue weighted by molar-refractivity contribution is 6.10. The molecule has 0 N–H and O–H groups in total. The van der Waals surface area contributed by atoms with E-state index in [1.807, 2.05) is 6.07 Å². The van der Waals surface area contributed by atoms with Crippen LogP contribution in [-0.2, 0) is 0 Å². The molecule has 272 valence electrons. The van der Waals surface area contributed by atoms with Crippen molar-refractivity contribution in [2.45, 2.75) is 6.42 Å².